The van der Waals surface area contributed by atoms with Crippen LogP contribution in [0.4, 0.5) is 0 Å². The molecule has 4 nitrogen and oxygen atoms in total. The Balaban J connectivity index is 1.20. The molecule has 4 heteroatoms. The van der Waals surface area contributed by atoms with Crippen molar-refractivity contribution < 1.29 is 9.47 Å². The lowest BCUT2D eigenvalue weighted by Gasteiger charge is -2.26. The van der Waals surface area contributed by atoms with E-state index in [1.807, 2.05) is 60.7 Å². The van der Waals surface area contributed by atoms with Crippen molar-refractivity contribution in [3.8, 4) is 68.0 Å². The van der Waals surface area contributed by atoms with Crippen LogP contribution in [0.1, 0.15) is 25.0 Å². The second kappa shape index (κ2) is 9.63. The molecule has 214 valence electrons. The summed E-state index contributed by atoms with van der Waals surface area (Å²) < 4.78 is 13.5. The summed E-state index contributed by atoms with van der Waals surface area (Å²) >= 11 is 0. The zero-order valence-corrected chi connectivity index (χ0v) is 24.9. The number of hydrogen-bond donors (Lipinski definition) is 0. The van der Waals surface area contributed by atoms with Crippen molar-refractivity contribution >= 4 is 10.8 Å². The Bertz CT molecular complexity index is 2310. The summed E-state index contributed by atoms with van der Waals surface area (Å²) in [6, 6.07) is 45.8. The minimum atomic E-state index is -0.125. The van der Waals surface area contributed by atoms with Gasteiger partial charge >= 0.3 is 0 Å². The summed E-state index contributed by atoms with van der Waals surface area (Å²) in [5.74, 6) is 3.44. The quantitative estimate of drug-likeness (QED) is 0.208. The average Bonchev–Trinajstić information content (AvgIpc) is 3.33. The first-order chi connectivity index (χ1) is 22.0. The predicted molar refractivity (Wildman–Crippen MR) is 180 cm³/mol. The standard InChI is InChI=1S/C41H28N2O2/c1-41(2)31-17-9-8-15-29(31)37-32(41)21-22-36-39(37)45-35-18-10-16-30(38(35)44-36)34-24-33(42-40(43-34)26-12-4-3-5-13-26)28-20-19-25-11-6-7-14-27(25)23-28/h3-24H,1-2H3. The van der Waals surface area contributed by atoms with E-state index in [0.717, 1.165) is 39.4 Å². The fraction of sp³-hybridized carbons (Fsp3) is 0.0732. The predicted octanol–water partition coefficient (Wildman–Crippen LogP) is 10.8. The van der Waals surface area contributed by atoms with Gasteiger partial charge in [0.15, 0.2) is 28.8 Å². The number of para-hydroxylation sites is 1. The normalized spacial score (nSPS) is 13.6. The molecule has 1 aliphatic carbocycles. The SMILES string of the molecule is CC1(C)c2ccccc2-c2c1ccc1c2Oc2cccc(-c3cc(-c4ccc5ccccc5c4)nc(-c4ccccc4)n3)c2O1. The highest BCUT2D eigenvalue weighted by atomic mass is 16.6. The average molecular weight is 581 g/mol. The minimum Gasteiger partial charge on any atom is -0.449 e. The Hall–Kier alpha value is -5.74. The number of aromatic nitrogens is 2. The van der Waals surface area contributed by atoms with E-state index in [9.17, 15) is 0 Å². The maximum absolute atomic E-state index is 6.74. The number of hydrogen-bond acceptors (Lipinski definition) is 4. The first kappa shape index (κ1) is 25.7. The van der Waals surface area contributed by atoms with Gasteiger partial charge in [-0.15, -0.1) is 0 Å². The molecule has 1 aromatic heterocycles. The van der Waals surface area contributed by atoms with Crippen molar-refractivity contribution in [1.82, 2.24) is 9.97 Å². The van der Waals surface area contributed by atoms with Crippen molar-refractivity contribution in [3.05, 3.63) is 145 Å². The van der Waals surface area contributed by atoms with Gasteiger partial charge in [0, 0.05) is 27.7 Å². The van der Waals surface area contributed by atoms with Crippen molar-refractivity contribution in [2.75, 3.05) is 0 Å². The maximum atomic E-state index is 6.74. The summed E-state index contributed by atoms with van der Waals surface area (Å²) in [7, 11) is 0. The molecular weight excluding hydrogens is 552 g/mol. The van der Waals surface area contributed by atoms with E-state index >= 15 is 0 Å². The van der Waals surface area contributed by atoms with Crippen molar-refractivity contribution in [2.24, 2.45) is 0 Å². The van der Waals surface area contributed by atoms with Crippen LogP contribution in [0.2, 0.25) is 0 Å². The van der Waals surface area contributed by atoms with Crippen LogP contribution in [-0.2, 0) is 5.41 Å². The third kappa shape index (κ3) is 3.99. The summed E-state index contributed by atoms with van der Waals surface area (Å²) in [5.41, 5.74) is 9.16. The minimum absolute atomic E-state index is 0.125. The van der Waals surface area contributed by atoms with Gasteiger partial charge in [0.2, 0.25) is 0 Å². The second-order valence-corrected chi connectivity index (χ2v) is 12.2. The largest absolute Gasteiger partial charge is 0.449 e. The molecule has 0 saturated heterocycles. The highest BCUT2D eigenvalue weighted by Crippen LogP contribution is 2.59. The van der Waals surface area contributed by atoms with Crippen LogP contribution < -0.4 is 9.47 Å². The molecule has 0 amide bonds. The zero-order chi connectivity index (χ0) is 30.1. The summed E-state index contributed by atoms with van der Waals surface area (Å²) in [6.07, 6.45) is 0. The van der Waals surface area contributed by atoms with E-state index in [-0.39, 0.29) is 5.41 Å². The van der Waals surface area contributed by atoms with Crippen LogP contribution in [0.5, 0.6) is 23.0 Å². The Morgan fingerprint density at radius 3 is 2.09 bits per heavy atom. The first-order valence-electron chi connectivity index (χ1n) is 15.2. The van der Waals surface area contributed by atoms with E-state index in [4.69, 9.17) is 19.4 Å². The topological polar surface area (TPSA) is 44.2 Å². The van der Waals surface area contributed by atoms with Crippen molar-refractivity contribution in [2.45, 2.75) is 19.3 Å². The van der Waals surface area contributed by atoms with Gasteiger partial charge in [0.25, 0.3) is 0 Å². The van der Waals surface area contributed by atoms with Gasteiger partial charge in [0.05, 0.1) is 11.4 Å². The van der Waals surface area contributed by atoms with Gasteiger partial charge < -0.3 is 9.47 Å². The third-order valence-corrected chi connectivity index (χ3v) is 9.15. The van der Waals surface area contributed by atoms with Gasteiger partial charge in [-0.25, -0.2) is 9.97 Å². The molecule has 0 unspecified atom stereocenters. The van der Waals surface area contributed by atoms with Crippen molar-refractivity contribution in [3.63, 3.8) is 0 Å². The van der Waals surface area contributed by atoms with Crippen LogP contribution >= 0.6 is 0 Å². The lowest BCUT2D eigenvalue weighted by Crippen LogP contribution is -2.15. The molecule has 9 rings (SSSR count). The zero-order valence-electron chi connectivity index (χ0n) is 24.9. The van der Waals surface area contributed by atoms with E-state index in [1.54, 1.807) is 0 Å². The monoisotopic (exact) mass is 580 g/mol. The molecular formula is C41H28N2O2. The van der Waals surface area contributed by atoms with Gasteiger partial charge in [-0.2, -0.15) is 0 Å². The molecule has 45 heavy (non-hydrogen) atoms. The molecule has 0 radical (unpaired) electrons. The summed E-state index contributed by atoms with van der Waals surface area (Å²) in [5, 5.41) is 2.36. The lowest BCUT2D eigenvalue weighted by atomic mass is 9.82. The Morgan fingerprint density at radius 2 is 1.20 bits per heavy atom. The molecule has 6 aromatic carbocycles. The van der Waals surface area contributed by atoms with Gasteiger partial charge in [-0.05, 0) is 57.8 Å². The van der Waals surface area contributed by atoms with E-state index < -0.39 is 0 Å². The van der Waals surface area contributed by atoms with Crippen LogP contribution in [0.25, 0.3) is 55.8 Å². The summed E-state index contributed by atoms with van der Waals surface area (Å²) in [6.45, 7) is 4.54. The Kier molecular flexibility index (Phi) is 5.51. The Labute approximate surface area is 261 Å². The first-order valence-corrected chi connectivity index (χ1v) is 15.2. The second-order valence-electron chi connectivity index (χ2n) is 12.2. The molecule has 0 N–H and O–H groups in total. The van der Waals surface area contributed by atoms with Crippen LogP contribution in [-0.4, -0.2) is 9.97 Å². The smallest absolute Gasteiger partial charge is 0.179 e. The van der Waals surface area contributed by atoms with Crippen molar-refractivity contribution in [1.29, 1.82) is 0 Å². The van der Waals surface area contributed by atoms with Gasteiger partial charge in [-0.1, -0.05) is 117 Å². The molecule has 0 saturated carbocycles. The highest BCUT2D eigenvalue weighted by Gasteiger charge is 2.39. The Morgan fingerprint density at radius 1 is 0.489 bits per heavy atom. The highest BCUT2D eigenvalue weighted by molar-refractivity contribution is 5.90. The molecule has 0 spiro atoms. The van der Waals surface area contributed by atoms with E-state index in [0.29, 0.717) is 23.1 Å². The number of nitrogens with zero attached hydrogens (tertiary/aromatic N) is 2. The number of rotatable bonds is 3. The van der Waals surface area contributed by atoms with Gasteiger partial charge in [0.1, 0.15) is 0 Å². The van der Waals surface area contributed by atoms with Crippen LogP contribution in [0.15, 0.2) is 133 Å². The molecule has 2 aliphatic rings. The lowest BCUT2D eigenvalue weighted by molar-refractivity contribution is 0.361. The maximum Gasteiger partial charge on any atom is 0.179 e. The van der Waals surface area contributed by atoms with Crippen LogP contribution in [0.3, 0.4) is 0 Å². The fourth-order valence-electron chi connectivity index (χ4n) is 6.85. The van der Waals surface area contributed by atoms with E-state index in [1.165, 1.54) is 27.5 Å². The fourth-order valence-corrected chi connectivity index (χ4v) is 6.85. The number of fused-ring (bicyclic) bond motifs is 7. The molecule has 7 aromatic rings. The third-order valence-electron chi connectivity index (χ3n) is 9.15. The summed E-state index contributed by atoms with van der Waals surface area (Å²) in [4.78, 5) is 10.1. The van der Waals surface area contributed by atoms with Gasteiger partial charge in [-0.3, -0.25) is 0 Å². The van der Waals surface area contributed by atoms with Crippen LogP contribution in [0, 0.1) is 0 Å². The number of ether oxygens (including phenoxy) is 2. The molecule has 0 atom stereocenters. The van der Waals surface area contributed by atoms with E-state index in [2.05, 4.69) is 86.6 Å². The molecule has 0 fully saturated rings. The molecule has 2 heterocycles. The molecule has 1 aliphatic heterocycles. The molecule has 0 bridgehead atoms. The number of benzene rings is 6.